The number of carbonyl (C=O) groups is 1. The first-order valence-corrected chi connectivity index (χ1v) is 10.2. The Kier molecular flexibility index (Phi) is 4.59. The van der Waals surface area contributed by atoms with Crippen molar-refractivity contribution in [3.8, 4) is 0 Å². The summed E-state index contributed by atoms with van der Waals surface area (Å²) in [5.74, 6) is -0.429. The smallest absolute Gasteiger partial charge is 0.273 e. The summed E-state index contributed by atoms with van der Waals surface area (Å²) < 4.78 is 25.3. The van der Waals surface area contributed by atoms with E-state index in [2.05, 4.69) is 26.2 Å². The Labute approximate surface area is 147 Å². The molecular formula is C15H15BrN2O3S2. The highest BCUT2D eigenvalue weighted by atomic mass is 79.9. The third-order valence-corrected chi connectivity index (χ3v) is 7.08. The fourth-order valence-corrected chi connectivity index (χ4v) is 4.78. The van der Waals surface area contributed by atoms with E-state index in [9.17, 15) is 13.2 Å². The predicted octanol–water partition coefficient (Wildman–Crippen LogP) is 2.93. The van der Waals surface area contributed by atoms with Crippen LogP contribution in [0.1, 0.15) is 32.1 Å². The minimum absolute atomic E-state index is 0.104. The predicted molar refractivity (Wildman–Crippen MR) is 93.0 cm³/mol. The van der Waals surface area contributed by atoms with Crippen molar-refractivity contribution in [2.45, 2.75) is 31.1 Å². The molecule has 1 aliphatic carbocycles. The lowest BCUT2D eigenvalue weighted by molar-refractivity contribution is 0.0949. The number of halogens is 1. The average molecular weight is 415 g/mol. The van der Waals surface area contributed by atoms with Crippen LogP contribution >= 0.6 is 27.3 Å². The van der Waals surface area contributed by atoms with E-state index < -0.39 is 15.9 Å². The van der Waals surface area contributed by atoms with Gasteiger partial charge in [0.1, 0.15) is 0 Å². The number of hydrogen-bond acceptors (Lipinski definition) is 4. The van der Waals surface area contributed by atoms with Gasteiger partial charge in [-0.2, -0.15) is 0 Å². The molecule has 0 saturated carbocycles. The summed E-state index contributed by atoms with van der Waals surface area (Å²) in [5.41, 5.74) is 4.28. The van der Waals surface area contributed by atoms with E-state index in [-0.39, 0.29) is 4.90 Å². The van der Waals surface area contributed by atoms with Gasteiger partial charge in [-0.25, -0.2) is 8.42 Å². The molecule has 23 heavy (non-hydrogen) atoms. The molecule has 1 aromatic carbocycles. The van der Waals surface area contributed by atoms with Crippen LogP contribution in [0.3, 0.4) is 0 Å². The fraction of sp³-hybridized carbons (Fsp3) is 0.267. The standard InChI is InChI=1S/C15H15BrN2O3S2/c1-9-7-11(5-6-12(9)16)23(20,21)18-17-15(19)14-8-10-3-2-4-13(10)22-14/h5-8,18H,2-4H2,1H3,(H,17,19). The Morgan fingerprint density at radius 3 is 2.74 bits per heavy atom. The molecule has 0 saturated heterocycles. The van der Waals surface area contributed by atoms with Gasteiger partial charge in [0.15, 0.2) is 0 Å². The molecule has 0 spiro atoms. The first kappa shape index (κ1) is 16.6. The number of fused-ring (bicyclic) bond motifs is 1. The second kappa shape index (κ2) is 6.35. The second-order valence-corrected chi connectivity index (χ2v) is 9.06. The van der Waals surface area contributed by atoms with Gasteiger partial charge in [-0.15, -0.1) is 16.2 Å². The Bertz CT molecular complexity index is 853. The molecule has 2 aromatic rings. The second-order valence-electron chi connectivity index (χ2n) is 5.38. The van der Waals surface area contributed by atoms with Crippen LogP contribution in [-0.2, 0) is 22.9 Å². The molecule has 5 nitrogen and oxygen atoms in total. The van der Waals surface area contributed by atoms with E-state index in [0.29, 0.717) is 4.88 Å². The number of nitrogens with one attached hydrogen (secondary N) is 2. The minimum atomic E-state index is -3.80. The molecular weight excluding hydrogens is 400 g/mol. The molecule has 1 aromatic heterocycles. The van der Waals surface area contributed by atoms with E-state index in [1.165, 1.54) is 33.9 Å². The highest BCUT2D eigenvalue weighted by molar-refractivity contribution is 9.10. The van der Waals surface area contributed by atoms with Gasteiger partial charge in [-0.3, -0.25) is 10.2 Å². The number of hydrogen-bond donors (Lipinski definition) is 2. The van der Waals surface area contributed by atoms with Gasteiger partial charge in [-0.1, -0.05) is 15.9 Å². The molecule has 0 fully saturated rings. The van der Waals surface area contributed by atoms with Crippen molar-refractivity contribution < 1.29 is 13.2 Å². The number of hydrazine groups is 1. The molecule has 122 valence electrons. The molecule has 0 bridgehead atoms. The summed E-state index contributed by atoms with van der Waals surface area (Å²) in [6, 6.07) is 6.53. The Morgan fingerprint density at radius 1 is 1.26 bits per heavy atom. The van der Waals surface area contributed by atoms with Gasteiger partial charge in [0, 0.05) is 9.35 Å². The normalized spacial score (nSPS) is 13.8. The number of sulfonamides is 1. The van der Waals surface area contributed by atoms with Gasteiger partial charge in [0.05, 0.1) is 9.77 Å². The molecule has 1 amide bonds. The van der Waals surface area contributed by atoms with E-state index in [1.54, 1.807) is 13.0 Å². The monoisotopic (exact) mass is 414 g/mol. The molecule has 1 heterocycles. The number of carbonyl (C=O) groups excluding carboxylic acids is 1. The highest BCUT2D eigenvalue weighted by Gasteiger charge is 2.20. The Balaban J connectivity index is 1.70. The molecule has 0 unspecified atom stereocenters. The van der Waals surface area contributed by atoms with Crippen molar-refractivity contribution in [2.24, 2.45) is 0 Å². The lowest BCUT2D eigenvalue weighted by Gasteiger charge is -2.09. The van der Waals surface area contributed by atoms with Crippen LogP contribution in [0.15, 0.2) is 33.6 Å². The zero-order valence-corrected chi connectivity index (χ0v) is 15.6. The molecule has 3 rings (SSSR count). The van der Waals surface area contributed by atoms with E-state index in [1.807, 2.05) is 6.07 Å². The fourth-order valence-electron chi connectivity index (χ4n) is 2.46. The lowest BCUT2D eigenvalue weighted by atomic mass is 10.2. The van der Waals surface area contributed by atoms with E-state index in [0.717, 1.165) is 29.3 Å². The van der Waals surface area contributed by atoms with Crippen molar-refractivity contribution >= 4 is 43.2 Å². The van der Waals surface area contributed by atoms with Crippen LogP contribution in [0.2, 0.25) is 0 Å². The molecule has 0 atom stereocenters. The molecule has 2 N–H and O–H groups in total. The molecule has 1 aliphatic rings. The zero-order valence-electron chi connectivity index (χ0n) is 12.3. The summed E-state index contributed by atoms with van der Waals surface area (Å²) in [6.45, 7) is 1.80. The van der Waals surface area contributed by atoms with Crippen molar-refractivity contribution in [1.82, 2.24) is 10.3 Å². The van der Waals surface area contributed by atoms with Gasteiger partial charge in [0.2, 0.25) is 0 Å². The summed E-state index contributed by atoms with van der Waals surface area (Å²) in [7, 11) is -3.80. The molecule has 0 radical (unpaired) electrons. The van der Waals surface area contributed by atoms with Crippen molar-refractivity contribution in [2.75, 3.05) is 0 Å². The number of aryl methyl sites for hydroxylation is 3. The summed E-state index contributed by atoms with van der Waals surface area (Å²) in [5, 5.41) is 0. The number of thiophene rings is 1. The maximum atomic E-state index is 12.2. The third-order valence-electron chi connectivity index (χ3n) is 3.71. The van der Waals surface area contributed by atoms with Crippen molar-refractivity contribution in [1.29, 1.82) is 0 Å². The van der Waals surface area contributed by atoms with E-state index >= 15 is 0 Å². The lowest BCUT2D eigenvalue weighted by Crippen LogP contribution is -2.41. The number of amides is 1. The maximum Gasteiger partial charge on any atom is 0.276 e. The number of benzene rings is 1. The van der Waals surface area contributed by atoms with Crippen LogP contribution in [0.25, 0.3) is 0 Å². The number of rotatable bonds is 4. The van der Waals surface area contributed by atoms with Crippen LogP contribution in [-0.4, -0.2) is 14.3 Å². The van der Waals surface area contributed by atoms with Gasteiger partial charge in [-0.05, 0) is 61.6 Å². The highest BCUT2D eigenvalue weighted by Crippen LogP contribution is 2.30. The zero-order chi connectivity index (χ0) is 16.6. The molecule has 0 aliphatic heterocycles. The van der Waals surface area contributed by atoms with Crippen LogP contribution in [0.5, 0.6) is 0 Å². The Morgan fingerprint density at radius 2 is 2.04 bits per heavy atom. The topological polar surface area (TPSA) is 75.3 Å². The SMILES string of the molecule is Cc1cc(S(=O)(=O)NNC(=O)c2cc3c(s2)CCC3)ccc1Br. The third kappa shape index (κ3) is 3.50. The van der Waals surface area contributed by atoms with Crippen LogP contribution in [0.4, 0.5) is 0 Å². The van der Waals surface area contributed by atoms with Crippen molar-refractivity contribution in [3.05, 3.63) is 49.6 Å². The molecule has 8 heteroatoms. The minimum Gasteiger partial charge on any atom is -0.273 e. The van der Waals surface area contributed by atoms with Gasteiger partial charge >= 0.3 is 0 Å². The summed E-state index contributed by atoms with van der Waals surface area (Å²) in [4.78, 5) is 16.1. The quantitative estimate of drug-likeness (QED) is 0.755. The largest absolute Gasteiger partial charge is 0.276 e. The van der Waals surface area contributed by atoms with Gasteiger partial charge in [0.25, 0.3) is 15.9 Å². The average Bonchev–Trinajstić information content (AvgIpc) is 3.09. The van der Waals surface area contributed by atoms with E-state index in [4.69, 9.17) is 0 Å². The summed E-state index contributed by atoms with van der Waals surface area (Å²) in [6.07, 6.45) is 3.11. The summed E-state index contributed by atoms with van der Waals surface area (Å²) >= 11 is 4.75. The van der Waals surface area contributed by atoms with Crippen LogP contribution in [0, 0.1) is 6.92 Å². The van der Waals surface area contributed by atoms with Crippen molar-refractivity contribution in [3.63, 3.8) is 0 Å². The van der Waals surface area contributed by atoms with Crippen LogP contribution < -0.4 is 10.3 Å². The first-order valence-electron chi connectivity index (χ1n) is 7.07. The Hall–Kier alpha value is -1.22. The maximum absolute atomic E-state index is 12.2. The van der Waals surface area contributed by atoms with Gasteiger partial charge < -0.3 is 0 Å². The first-order chi connectivity index (χ1) is 10.9.